The number of nitrogens with one attached hydrogen (secondary N) is 1. The van der Waals surface area contributed by atoms with Gasteiger partial charge in [0.1, 0.15) is 0 Å². The Kier molecular flexibility index (Phi) is 5.08. The molecular weight excluding hydrogens is 308 g/mol. The summed E-state index contributed by atoms with van der Waals surface area (Å²) in [5.74, 6) is 0.0108. The molecule has 0 unspecified atom stereocenters. The number of hydrogen-bond acceptors (Lipinski definition) is 3. The van der Waals surface area contributed by atoms with Crippen molar-refractivity contribution in [1.29, 1.82) is 0 Å². The van der Waals surface area contributed by atoms with Gasteiger partial charge < -0.3 is 10.2 Å². The molecule has 1 aromatic carbocycles. The molecule has 1 aliphatic carbocycles. The Hall–Kier alpha value is -2.14. The molecule has 4 nitrogen and oxygen atoms in total. The number of nitrogens with zero attached hydrogens (tertiary/aromatic N) is 1. The highest BCUT2D eigenvalue weighted by molar-refractivity contribution is 7.12. The molecule has 2 aromatic rings. The van der Waals surface area contributed by atoms with Crippen LogP contribution in [0.1, 0.15) is 34.5 Å². The van der Waals surface area contributed by atoms with Gasteiger partial charge in [0.15, 0.2) is 0 Å². The van der Waals surface area contributed by atoms with Crippen molar-refractivity contribution in [2.24, 2.45) is 0 Å². The second kappa shape index (κ2) is 7.42. The van der Waals surface area contributed by atoms with Gasteiger partial charge in [0.25, 0.3) is 5.91 Å². The van der Waals surface area contributed by atoms with E-state index in [2.05, 4.69) is 5.32 Å². The summed E-state index contributed by atoms with van der Waals surface area (Å²) in [6, 6.07) is 14.1. The molecule has 1 N–H and O–H groups in total. The van der Waals surface area contributed by atoms with E-state index in [-0.39, 0.29) is 11.8 Å². The number of benzene rings is 1. The van der Waals surface area contributed by atoms with Crippen molar-refractivity contribution in [3.8, 4) is 0 Å². The summed E-state index contributed by atoms with van der Waals surface area (Å²) < 4.78 is 0. The van der Waals surface area contributed by atoms with Crippen LogP contribution in [0.25, 0.3) is 0 Å². The highest BCUT2D eigenvalue weighted by Crippen LogP contribution is 2.28. The molecule has 0 bridgehead atoms. The quantitative estimate of drug-likeness (QED) is 0.849. The summed E-state index contributed by atoms with van der Waals surface area (Å²) in [4.78, 5) is 27.0. The van der Waals surface area contributed by atoms with Gasteiger partial charge in [0.2, 0.25) is 5.91 Å². The zero-order valence-electron chi connectivity index (χ0n) is 12.9. The van der Waals surface area contributed by atoms with Gasteiger partial charge in [-0.3, -0.25) is 9.59 Å². The van der Waals surface area contributed by atoms with Crippen LogP contribution < -0.4 is 5.32 Å². The van der Waals surface area contributed by atoms with Crippen LogP contribution in [0.3, 0.4) is 0 Å². The molecule has 120 valence electrons. The van der Waals surface area contributed by atoms with Gasteiger partial charge in [-0.25, -0.2) is 0 Å². The Morgan fingerprint density at radius 3 is 2.57 bits per heavy atom. The lowest BCUT2D eigenvalue weighted by Gasteiger charge is -2.22. The molecule has 1 fully saturated rings. The van der Waals surface area contributed by atoms with Crippen LogP contribution in [0.2, 0.25) is 0 Å². The largest absolute Gasteiger partial charge is 0.351 e. The summed E-state index contributed by atoms with van der Waals surface area (Å²) in [7, 11) is 0. The molecule has 3 rings (SSSR count). The van der Waals surface area contributed by atoms with E-state index in [0.29, 0.717) is 30.4 Å². The first-order chi connectivity index (χ1) is 11.2. The SMILES string of the molecule is O=C(NCCC(=O)N(Cc1ccccc1)C1CC1)c1cccs1. The zero-order valence-corrected chi connectivity index (χ0v) is 13.7. The Morgan fingerprint density at radius 1 is 1.13 bits per heavy atom. The molecule has 1 saturated carbocycles. The Morgan fingerprint density at radius 2 is 1.91 bits per heavy atom. The monoisotopic (exact) mass is 328 g/mol. The van der Waals surface area contributed by atoms with Crippen molar-refractivity contribution in [3.63, 3.8) is 0 Å². The molecular formula is C18H20N2O2S. The molecule has 0 atom stereocenters. The predicted octanol–water partition coefficient (Wildman–Crippen LogP) is 3.06. The van der Waals surface area contributed by atoms with Gasteiger partial charge in [0, 0.05) is 25.6 Å². The molecule has 2 amide bonds. The topological polar surface area (TPSA) is 49.4 Å². The van der Waals surface area contributed by atoms with Gasteiger partial charge in [-0.2, -0.15) is 0 Å². The Bertz CT molecular complexity index is 651. The molecule has 0 spiro atoms. The van der Waals surface area contributed by atoms with E-state index in [1.165, 1.54) is 11.3 Å². The van der Waals surface area contributed by atoms with Crippen molar-refractivity contribution in [3.05, 3.63) is 58.3 Å². The fourth-order valence-electron chi connectivity index (χ4n) is 2.51. The van der Waals surface area contributed by atoms with E-state index in [0.717, 1.165) is 18.4 Å². The minimum absolute atomic E-state index is 0.103. The van der Waals surface area contributed by atoms with Crippen LogP contribution in [-0.2, 0) is 11.3 Å². The number of amides is 2. The first-order valence-corrected chi connectivity index (χ1v) is 8.77. The number of carbonyl (C=O) groups is 2. The van der Waals surface area contributed by atoms with Gasteiger partial charge in [-0.15, -0.1) is 11.3 Å². The zero-order chi connectivity index (χ0) is 16.1. The Balaban J connectivity index is 1.50. The van der Waals surface area contributed by atoms with Gasteiger partial charge >= 0.3 is 0 Å². The lowest BCUT2D eigenvalue weighted by molar-refractivity contribution is -0.132. The summed E-state index contributed by atoms with van der Waals surface area (Å²) in [5.41, 5.74) is 1.15. The van der Waals surface area contributed by atoms with E-state index >= 15 is 0 Å². The summed E-state index contributed by atoms with van der Waals surface area (Å²) >= 11 is 1.41. The molecule has 23 heavy (non-hydrogen) atoms. The molecule has 5 heteroatoms. The maximum absolute atomic E-state index is 12.5. The highest BCUT2D eigenvalue weighted by Gasteiger charge is 2.32. The fraction of sp³-hybridized carbons (Fsp3) is 0.333. The van der Waals surface area contributed by atoms with E-state index in [1.807, 2.05) is 46.7 Å². The van der Waals surface area contributed by atoms with Crippen LogP contribution in [0.5, 0.6) is 0 Å². The molecule has 0 saturated heterocycles. The smallest absolute Gasteiger partial charge is 0.261 e. The standard InChI is InChI=1S/C18H20N2O2S/c21-17(10-11-19-18(22)16-7-4-12-23-16)20(15-8-9-15)13-14-5-2-1-3-6-14/h1-7,12,15H,8-11,13H2,(H,19,22). The van der Waals surface area contributed by atoms with Crippen LogP contribution in [-0.4, -0.2) is 29.3 Å². The minimum atomic E-state index is -0.103. The lowest BCUT2D eigenvalue weighted by Crippen LogP contribution is -2.35. The van der Waals surface area contributed by atoms with Crippen LogP contribution in [0.4, 0.5) is 0 Å². The maximum atomic E-state index is 12.5. The van der Waals surface area contributed by atoms with Crippen molar-refractivity contribution in [1.82, 2.24) is 10.2 Å². The van der Waals surface area contributed by atoms with Gasteiger partial charge in [-0.05, 0) is 29.9 Å². The third-order valence-electron chi connectivity index (χ3n) is 3.87. The number of rotatable bonds is 7. The first kappa shape index (κ1) is 15.7. The average Bonchev–Trinajstić information content (AvgIpc) is 3.26. The summed E-state index contributed by atoms with van der Waals surface area (Å²) in [6.45, 7) is 1.04. The fourth-order valence-corrected chi connectivity index (χ4v) is 3.15. The molecule has 1 aromatic heterocycles. The van der Waals surface area contributed by atoms with E-state index in [1.54, 1.807) is 6.07 Å². The average molecular weight is 328 g/mol. The normalized spacial score (nSPS) is 13.6. The van der Waals surface area contributed by atoms with Crippen LogP contribution in [0, 0.1) is 0 Å². The van der Waals surface area contributed by atoms with E-state index in [4.69, 9.17) is 0 Å². The lowest BCUT2D eigenvalue weighted by atomic mass is 10.2. The molecule has 0 radical (unpaired) electrons. The summed E-state index contributed by atoms with van der Waals surface area (Å²) in [5, 5.41) is 4.69. The Labute approximate surface area is 140 Å². The van der Waals surface area contributed by atoms with Gasteiger partial charge in [-0.1, -0.05) is 36.4 Å². The number of carbonyl (C=O) groups excluding carboxylic acids is 2. The van der Waals surface area contributed by atoms with Crippen molar-refractivity contribution >= 4 is 23.2 Å². The first-order valence-electron chi connectivity index (χ1n) is 7.89. The van der Waals surface area contributed by atoms with Crippen molar-refractivity contribution in [2.45, 2.75) is 31.8 Å². The van der Waals surface area contributed by atoms with Crippen LogP contribution >= 0.6 is 11.3 Å². The van der Waals surface area contributed by atoms with Crippen LogP contribution in [0.15, 0.2) is 47.8 Å². The van der Waals surface area contributed by atoms with Crippen molar-refractivity contribution in [2.75, 3.05) is 6.54 Å². The van der Waals surface area contributed by atoms with Gasteiger partial charge in [0.05, 0.1) is 4.88 Å². The maximum Gasteiger partial charge on any atom is 0.261 e. The van der Waals surface area contributed by atoms with E-state index < -0.39 is 0 Å². The predicted molar refractivity (Wildman–Crippen MR) is 91.3 cm³/mol. The van der Waals surface area contributed by atoms with Crippen molar-refractivity contribution < 1.29 is 9.59 Å². The second-order valence-corrected chi connectivity index (χ2v) is 6.67. The third-order valence-corrected chi connectivity index (χ3v) is 4.74. The highest BCUT2D eigenvalue weighted by atomic mass is 32.1. The number of hydrogen-bond donors (Lipinski definition) is 1. The third kappa shape index (κ3) is 4.42. The second-order valence-electron chi connectivity index (χ2n) is 5.72. The molecule has 1 aliphatic rings. The summed E-state index contributed by atoms with van der Waals surface area (Å²) in [6.07, 6.45) is 2.51. The van der Waals surface area contributed by atoms with E-state index in [9.17, 15) is 9.59 Å². The molecule has 0 aliphatic heterocycles. The minimum Gasteiger partial charge on any atom is -0.351 e. The number of thiophene rings is 1. The molecule has 1 heterocycles.